The molecule has 0 atom stereocenters. The van der Waals surface area contributed by atoms with Crippen molar-refractivity contribution in [1.82, 2.24) is 4.98 Å². The number of nitrogens with zero attached hydrogens (tertiary/aromatic N) is 2. The van der Waals surface area contributed by atoms with Crippen molar-refractivity contribution in [2.75, 3.05) is 32.2 Å². The number of carbonyl (C=O) groups excluding carboxylic acids is 2. The number of thiocarbonyl (C=S) groups is 1. The van der Waals surface area contributed by atoms with Gasteiger partial charge in [0, 0.05) is 5.69 Å². The lowest BCUT2D eigenvalue weighted by Crippen LogP contribution is -2.37. The topological polar surface area (TPSA) is 94.8 Å². The number of anilines is 1. The third-order valence-corrected chi connectivity index (χ3v) is 2.89. The van der Waals surface area contributed by atoms with Gasteiger partial charge in [-0.2, -0.15) is 0 Å². The van der Waals surface area contributed by atoms with Crippen LogP contribution in [0.15, 0.2) is 12.1 Å². The second-order valence-corrected chi connectivity index (χ2v) is 4.64. The van der Waals surface area contributed by atoms with E-state index in [1.165, 1.54) is 19.1 Å². The zero-order valence-corrected chi connectivity index (χ0v) is 12.9. The summed E-state index contributed by atoms with van der Waals surface area (Å²) in [6.07, 6.45) is 0. The van der Waals surface area contributed by atoms with Gasteiger partial charge in [-0.1, -0.05) is 12.2 Å². The van der Waals surface area contributed by atoms with Gasteiger partial charge in [0.2, 0.25) is 0 Å². The Morgan fingerprint density at radius 2 is 1.76 bits per heavy atom. The van der Waals surface area contributed by atoms with Gasteiger partial charge in [-0.15, -0.1) is 0 Å². The first-order valence-corrected chi connectivity index (χ1v) is 6.46. The molecular weight excluding hydrogens is 294 g/mol. The number of aryl methyl sites for hydroxylation is 1. The lowest BCUT2D eigenvalue weighted by atomic mass is 10.2. The summed E-state index contributed by atoms with van der Waals surface area (Å²) in [6.45, 7) is 1.44. The standard InChI is InChI=1S/C13H17N3O4S/c1-8-4-5-9(12(14)21)13(15-8)16(6-10(17)19-2)7-11(18)20-3/h4-5H,6-7H2,1-3H3,(H2,14,21). The van der Waals surface area contributed by atoms with Crippen molar-refractivity contribution in [3.63, 3.8) is 0 Å². The molecule has 0 bridgehead atoms. The van der Waals surface area contributed by atoms with Crippen LogP contribution in [0.25, 0.3) is 0 Å². The molecule has 0 amide bonds. The Kier molecular flexibility index (Phi) is 6.04. The van der Waals surface area contributed by atoms with Crippen LogP contribution in [0.3, 0.4) is 0 Å². The van der Waals surface area contributed by atoms with Crippen LogP contribution in [0.5, 0.6) is 0 Å². The summed E-state index contributed by atoms with van der Waals surface area (Å²) >= 11 is 4.97. The number of pyridine rings is 1. The summed E-state index contributed by atoms with van der Waals surface area (Å²) in [5.41, 5.74) is 6.84. The molecule has 0 unspecified atom stereocenters. The molecule has 8 heteroatoms. The Labute approximate surface area is 128 Å². The number of nitrogens with two attached hydrogens (primary N) is 1. The molecule has 0 aliphatic heterocycles. The van der Waals surface area contributed by atoms with Crippen molar-refractivity contribution in [3.8, 4) is 0 Å². The van der Waals surface area contributed by atoms with E-state index >= 15 is 0 Å². The maximum atomic E-state index is 11.5. The molecule has 0 aliphatic carbocycles. The first-order valence-electron chi connectivity index (χ1n) is 6.05. The maximum Gasteiger partial charge on any atom is 0.325 e. The van der Waals surface area contributed by atoms with Gasteiger partial charge < -0.3 is 20.1 Å². The van der Waals surface area contributed by atoms with Crippen LogP contribution in [0.1, 0.15) is 11.3 Å². The van der Waals surface area contributed by atoms with Crippen LogP contribution in [0.2, 0.25) is 0 Å². The number of esters is 2. The third-order valence-electron chi connectivity index (χ3n) is 2.67. The number of hydrogen-bond acceptors (Lipinski definition) is 7. The second kappa shape index (κ2) is 7.53. The fraction of sp³-hybridized carbons (Fsp3) is 0.385. The van der Waals surface area contributed by atoms with Crippen LogP contribution in [0.4, 0.5) is 5.82 Å². The molecule has 7 nitrogen and oxygen atoms in total. The summed E-state index contributed by atoms with van der Waals surface area (Å²) in [4.78, 5) is 28.9. The van der Waals surface area contributed by atoms with Gasteiger partial charge >= 0.3 is 11.9 Å². The minimum Gasteiger partial charge on any atom is -0.468 e. The van der Waals surface area contributed by atoms with E-state index in [-0.39, 0.29) is 18.1 Å². The molecule has 0 saturated carbocycles. The Morgan fingerprint density at radius 1 is 1.24 bits per heavy atom. The van der Waals surface area contributed by atoms with E-state index in [1.54, 1.807) is 19.1 Å². The predicted molar refractivity (Wildman–Crippen MR) is 81.1 cm³/mol. The van der Waals surface area contributed by atoms with Crippen molar-refractivity contribution in [1.29, 1.82) is 0 Å². The Bertz CT molecular complexity index is 544. The second-order valence-electron chi connectivity index (χ2n) is 4.20. The van der Waals surface area contributed by atoms with Gasteiger partial charge in [0.15, 0.2) is 0 Å². The fourth-order valence-electron chi connectivity index (χ4n) is 1.62. The Morgan fingerprint density at radius 3 is 2.19 bits per heavy atom. The number of carbonyl (C=O) groups is 2. The van der Waals surface area contributed by atoms with Crippen molar-refractivity contribution in [2.24, 2.45) is 5.73 Å². The highest BCUT2D eigenvalue weighted by Gasteiger charge is 2.21. The molecule has 0 aromatic carbocycles. The quantitative estimate of drug-likeness (QED) is 0.587. The highest BCUT2D eigenvalue weighted by Crippen LogP contribution is 2.19. The lowest BCUT2D eigenvalue weighted by Gasteiger charge is -2.23. The van der Waals surface area contributed by atoms with E-state index in [9.17, 15) is 9.59 Å². The highest BCUT2D eigenvalue weighted by atomic mass is 32.1. The average molecular weight is 311 g/mol. The molecule has 0 radical (unpaired) electrons. The maximum absolute atomic E-state index is 11.5. The summed E-state index contributed by atoms with van der Waals surface area (Å²) in [5, 5.41) is 0. The van der Waals surface area contributed by atoms with Gasteiger partial charge in [-0.3, -0.25) is 9.59 Å². The number of aromatic nitrogens is 1. The highest BCUT2D eigenvalue weighted by molar-refractivity contribution is 7.80. The molecule has 21 heavy (non-hydrogen) atoms. The molecule has 0 saturated heterocycles. The molecule has 1 aromatic heterocycles. The molecule has 1 rings (SSSR count). The molecule has 114 valence electrons. The molecule has 0 fully saturated rings. The molecule has 1 aromatic rings. The number of rotatable bonds is 6. The van der Waals surface area contributed by atoms with Crippen molar-refractivity contribution < 1.29 is 19.1 Å². The minimum absolute atomic E-state index is 0.122. The molecule has 1 heterocycles. The first-order chi connectivity index (χ1) is 9.88. The van der Waals surface area contributed by atoms with E-state index < -0.39 is 11.9 Å². The summed E-state index contributed by atoms with van der Waals surface area (Å²) in [6, 6.07) is 3.44. The summed E-state index contributed by atoms with van der Waals surface area (Å²) < 4.78 is 9.25. The van der Waals surface area contributed by atoms with Crippen LogP contribution < -0.4 is 10.6 Å². The van der Waals surface area contributed by atoms with Gasteiger partial charge in [0.05, 0.1) is 19.8 Å². The van der Waals surface area contributed by atoms with Crippen molar-refractivity contribution >= 4 is 35.0 Å². The van der Waals surface area contributed by atoms with Gasteiger partial charge in [0.1, 0.15) is 23.9 Å². The largest absolute Gasteiger partial charge is 0.468 e. The van der Waals surface area contributed by atoms with Gasteiger partial charge in [0.25, 0.3) is 0 Å². The average Bonchev–Trinajstić information content (AvgIpc) is 2.45. The van der Waals surface area contributed by atoms with E-state index in [1.807, 2.05) is 0 Å². The minimum atomic E-state index is -0.518. The number of hydrogen-bond donors (Lipinski definition) is 1. The zero-order chi connectivity index (χ0) is 16.0. The van der Waals surface area contributed by atoms with Crippen LogP contribution in [-0.4, -0.2) is 49.2 Å². The predicted octanol–water partition coefficient (Wildman–Crippen LogP) is 0.177. The Balaban J connectivity index is 3.23. The van der Waals surface area contributed by atoms with E-state index in [2.05, 4.69) is 14.5 Å². The summed E-state index contributed by atoms with van der Waals surface area (Å²) in [5.74, 6) is -0.689. The monoisotopic (exact) mass is 311 g/mol. The molecule has 0 spiro atoms. The van der Waals surface area contributed by atoms with E-state index in [4.69, 9.17) is 18.0 Å². The van der Waals surface area contributed by atoms with Gasteiger partial charge in [-0.05, 0) is 19.1 Å². The third kappa shape index (κ3) is 4.67. The molecule has 0 aliphatic rings. The van der Waals surface area contributed by atoms with Crippen LogP contribution >= 0.6 is 12.2 Å². The van der Waals surface area contributed by atoms with E-state index in [0.717, 1.165) is 0 Å². The summed E-state index contributed by atoms with van der Waals surface area (Å²) in [7, 11) is 2.52. The normalized spacial score (nSPS) is 9.86. The molecule has 2 N–H and O–H groups in total. The SMILES string of the molecule is COC(=O)CN(CC(=O)OC)c1nc(C)ccc1C(N)=S. The zero-order valence-electron chi connectivity index (χ0n) is 12.1. The Hall–Kier alpha value is -2.22. The van der Waals surface area contributed by atoms with Gasteiger partial charge in [-0.25, -0.2) is 4.98 Å². The fourth-order valence-corrected chi connectivity index (χ4v) is 1.78. The van der Waals surface area contributed by atoms with Crippen LogP contribution in [0, 0.1) is 6.92 Å². The first kappa shape index (κ1) is 16.8. The van der Waals surface area contributed by atoms with Crippen molar-refractivity contribution in [3.05, 3.63) is 23.4 Å². The van der Waals surface area contributed by atoms with Crippen LogP contribution in [-0.2, 0) is 19.1 Å². The number of methoxy groups -OCH3 is 2. The molecular formula is C13H17N3O4S. The van der Waals surface area contributed by atoms with Crippen molar-refractivity contribution in [2.45, 2.75) is 6.92 Å². The smallest absolute Gasteiger partial charge is 0.325 e. The number of ether oxygens (including phenoxy) is 2. The van der Waals surface area contributed by atoms with E-state index in [0.29, 0.717) is 17.1 Å². The lowest BCUT2D eigenvalue weighted by molar-refractivity contribution is -0.140.